The lowest BCUT2D eigenvalue weighted by atomic mass is 10.1. The third-order valence-corrected chi connectivity index (χ3v) is 2.71. The molecule has 0 radical (unpaired) electrons. The largest absolute Gasteiger partial charge is 0.496 e. The molecule has 1 unspecified atom stereocenters. The molecule has 1 saturated heterocycles. The number of benzene rings is 1. The van der Waals surface area contributed by atoms with Gasteiger partial charge in [0.25, 0.3) is 5.91 Å². The van der Waals surface area contributed by atoms with Gasteiger partial charge < -0.3 is 19.5 Å². The van der Waals surface area contributed by atoms with Crippen LogP contribution in [0.2, 0.25) is 0 Å². The maximum atomic E-state index is 11.4. The zero-order valence-corrected chi connectivity index (χ0v) is 10.0. The molecule has 1 N–H and O–H groups in total. The fraction of sp³-hybridized carbons (Fsp3) is 0.417. The molecule has 5 heteroatoms. The Labute approximate surface area is 99.7 Å². The molecule has 0 bridgehead atoms. The lowest BCUT2D eigenvalue weighted by molar-refractivity contribution is -0.122. The van der Waals surface area contributed by atoms with Crippen molar-refractivity contribution in [3.05, 3.63) is 23.8 Å². The molecule has 5 nitrogen and oxygen atoms in total. The van der Waals surface area contributed by atoms with Crippen molar-refractivity contribution >= 4 is 5.91 Å². The molecule has 0 aliphatic carbocycles. The Hall–Kier alpha value is -1.75. The summed E-state index contributed by atoms with van der Waals surface area (Å²) in [7, 11) is 3.14. The van der Waals surface area contributed by atoms with E-state index in [1.165, 1.54) is 0 Å². The number of hydrogen-bond acceptors (Lipinski definition) is 4. The van der Waals surface area contributed by atoms with Crippen LogP contribution in [-0.2, 0) is 9.53 Å². The normalized spacial score (nSPS) is 23.4. The maximum Gasteiger partial charge on any atom is 0.251 e. The predicted octanol–water partition coefficient (Wildman–Crippen LogP) is 1.24. The van der Waals surface area contributed by atoms with Gasteiger partial charge in [-0.15, -0.1) is 0 Å². The van der Waals surface area contributed by atoms with Crippen molar-refractivity contribution in [1.82, 2.24) is 5.32 Å². The first kappa shape index (κ1) is 11.7. The average molecular weight is 237 g/mol. The third kappa shape index (κ3) is 2.06. The molecule has 0 aromatic heterocycles. The lowest BCUT2D eigenvalue weighted by Crippen LogP contribution is -2.22. The summed E-state index contributed by atoms with van der Waals surface area (Å²) in [5.41, 5.74) is 0.704. The highest BCUT2D eigenvalue weighted by Crippen LogP contribution is 2.36. The Bertz CT molecular complexity index is 410. The topological polar surface area (TPSA) is 56.8 Å². The van der Waals surface area contributed by atoms with Crippen LogP contribution in [0.4, 0.5) is 0 Å². The van der Waals surface area contributed by atoms with Gasteiger partial charge in [-0.1, -0.05) is 6.07 Å². The first-order valence-corrected chi connectivity index (χ1v) is 5.34. The van der Waals surface area contributed by atoms with E-state index in [-0.39, 0.29) is 5.91 Å². The molecule has 0 spiro atoms. The summed E-state index contributed by atoms with van der Waals surface area (Å²) in [6.07, 6.45) is -0.988. The molecule has 17 heavy (non-hydrogen) atoms. The molecular weight excluding hydrogens is 222 g/mol. The number of hydrogen-bond donors (Lipinski definition) is 1. The summed E-state index contributed by atoms with van der Waals surface area (Å²) in [6, 6.07) is 5.42. The fourth-order valence-electron chi connectivity index (χ4n) is 1.83. The molecule has 1 aromatic carbocycles. The second-order valence-electron chi connectivity index (χ2n) is 3.74. The highest BCUT2D eigenvalue weighted by Gasteiger charge is 2.33. The Morgan fingerprint density at radius 3 is 2.24 bits per heavy atom. The quantitative estimate of drug-likeness (QED) is 0.859. The molecule has 1 fully saturated rings. The predicted molar refractivity (Wildman–Crippen MR) is 61.0 cm³/mol. The average Bonchev–Trinajstić information content (AvgIpc) is 2.68. The van der Waals surface area contributed by atoms with Crippen LogP contribution in [0.5, 0.6) is 11.5 Å². The van der Waals surface area contributed by atoms with Crippen LogP contribution in [0, 0.1) is 0 Å². The number of ether oxygens (including phenoxy) is 3. The van der Waals surface area contributed by atoms with Gasteiger partial charge in [0.15, 0.2) is 6.23 Å². The van der Waals surface area contributed by atoms with Crippen LogP contribution >= 0.6 is 0 Å². The molecule has 1 aliphatic heterocycles. The van der Waals surface area contributed by atoms with Gasteiger partial charge in [-0.25, -0.2) is 0 Å². The second kappa shape index (κ2) is 4.63. The van der Waals surface area contributed by atoms with Crippen LogP contribution < -0.4 is 14.8 Å². The molecule has 2 atom stereocenters. The lowest BCUT2D eigenvalue weighted by Gasteiger charge is -2.17. The van der Waals surface area contributed by atoms with Crippen LogP contribution in [0.25, 0.3) is 0 Å². The minimum atomic E-state index is -0.524. The van der Waals surface area contributed by atoms with Gasteiger partial charge in [-0.05, 0) is 19.1 Å². The van der Waals surface area contributed by atoms with E-state index >= 15 is 0 Å². The van der Waals surface area contributed by atoms with Crippen molar-refractivity contribution in [3.63, 3.8) is 0 Å². The van der Waals surface area contributed by atoms with Gasteiger partial charge in [0, 0.05) is 0 Å². The van der Waals surface area contributed by atoms with Crippen molar-refractivity contribution in [2.24, 2.45) is 0 Å². The van der Waals surface area contributed by atoms with E-state index in [0.717, 1.165) is 0 Å². The van der Waals surface area contributed by atoms with Crippen LogP contribution in [0.3, 0.4) is 0 Å². The zero-order chi connectivity index (χ0) is 12.4. The Morgan fingerprint density at radius 2 is 1.82 bits per heavy atom. The fourth-order valence-corrected chi connectivity index (χ4v) is 1.83. The van der Waals surface area contributed by atoms with E-state index < -0.39 is 12.3 Å². The number of carbonyl (C=O) groups is 1. The first-order valence-electron chi connectivity index (χ1n) is 5.34. The summed E-state index contributed by atoms with van der Waals surface area (Å²) < 4.78 is 16.0. The standard InChI is InChI=1S/C12H15NO4/c1-7-11(14)13-12(17-7)10-8(15-2)5-4-6-9(10)16-3/h4-7,12H,1-3H3,(H,13,14)/t7?,12-/m1/s1. The number of nitrogens with one attached hydrogen (secondary N) is 1. The Balaban J connectivity index is 2.40. The minimum Gasteiger partial charge on any atom is -0.496 e. The molecule has 1 heterocycles. The molecule has 2 rings (SSSR count). The summed E-state index contributed by atoms with van der Waals surface area (Å²) in [5.74, 6) is 1.12. The van der Waals surface area contributed by atoms with Gasteiger partial charge in [-0.3, -0.25) is 4.79 Å². The molecule has 1 aromatic rings. The summed E-state index contributed by atoms with van der Waals surface area (Å²) >= 11 is 0. The molecule has 0 saturated carbocycles. The molecule has 1 aliphatic rings. The number of amides is 1. The zero-order valence-electron chi connectivity index (χ0n) is 10.0. The van der Waals surface area contributed by atoms with E-state index in [0.29, 0.717) is 17.1 Å². The van der Waals surface area contributed by atoms with Gasteiger partial charge in [-0.2, -0.15) is 0 Å². The van der Waals surface area contributed by atoms with Crippen LogP contribution in [0.15, 0.2) is 18.2 Å². The van der Waals surface area contributed by atoms with Gasteiger partial charge in [0.05, 0.1) is 19.8 Å². The number of carbonyl (C=O) groups excluding carboxylic acids is 1. The SMILES string of the molecule is COc1cccc(OC)c1[C@@H]1NC(=O)C(C)O1. The molecular formula is C12H15NO4. The van der Waals surface area contributed by atoms with Crippen molar-refractivity contribution in [3.8, 4) is 11.5 Å². The number of rotatable bonds is 3. The van der Waals surface area contributed by atoms with Crippen molar-refractivity contribution < 1.29 is 19.0 Å². The summed E-state index contributed by atoms with van der Waals surface area (Å²) in [5, 5.41) is 2.75. The highest BCUT2D eigenvalue weighted by atomic mass is 16.5. The molecule has 92 valence electrons. The van der Waals surface area contributed by atoms with Crippen LogP contribution in [0.1, 0.15) is 18.7 Å². The number of methoxy groups -OCH3 is 2. The second-order valence-corrected chi connectivity index (χ2v) is 3.74. The van der Waals surface area contributed by atoms with Gasteiger partial charge >= 0.3 is 0 Å². The Morgan fingerprint density at radius 1 is 1.24 bits per heavy atom. The van der Waals surface area contributed by atoms with E-state index in [4.69, 9.17) is 14.2 Å². The van der Waals surface area contributed by atoms with E-state index in [9.17, 15) is 4.79 Å². The monoisotopic (exact) mass is 237 g/mol. The first-order chi connectivity index (χ1) is 8.17. The van der Waals surface area contributed by atoms with Crippen molar-refractivity contribution in [2.45, 2.75) is 19.3 Å². The molecule has 1 amide bonds. The van der Waals surface area contributed by atoms with E-state index in [1.807, 2.05) is 6.07 Å². The summed E-state index contributed by atoms with van der Waals surface area (Å²) in [4.78, 5) is 11.4. The minimum absolute atomic E-state index is 0.136. The van der Waals surface area contributed by atoms with E-state index in [1.54, 1.807) is 33.3 Å². The van der Waals surface area contributed by atoms with Crippen molar-refractivity contribution in [1.29, 1.82) is 0 Å². The summed E-state index contributed by atoms with van der Waals surface area (Å²) in [6.45, 7) is 1.71. The maximum absolute atomic E-state index is 11.4. The van der Waals surface area contributed by atoms with Crippen molar-refractivity contribution in [2.75, 3.05) is 14.2 Å². The smallest absolute Gasteiger partial charge is 0.251 e. The van der Waals surface area contributed by atoms with Gasteiger partial charge in [0.2, 0.25) is 0 Å². The van der Waals surface area contributed by atoms with Crippen LogP contribution in [-0.4, -0.2) is 26.2 Å². The highest BCUT2D eigenvalue weighted by molar-refractivity contribution is 5.82. The Kier molecular flexibility index (Phi) is 3.19. The van der Waals surface area contributed by atoms with E-state index in [2.05, 4.69) is 5.32 Å². The third-order valence-electron chi connectivity index (χ3n) is 2.71. The van der Waals surface area contributed by atoms with Gasteiger partial charge in [0.1, 0.15) is 17.6 Å².